The van der Waals surface area contributed by atoms with E-state index in [0.717, 1.165) is 19.0 Å². The van der Waals surface area contributed by atoms with Crippen LogP contribution in [0.5, 0.6) is 0 Å². The van der Waals surface area contributed by atoms with Gasteiger partial charge in [-0.1, -0.05) is 19.1 Å². The molecular formula is C14H20FN. The standard InChI is InChI=1S/C14H20FN/c1-2-9-16-10-12-5-8-14(12)11-3-6-13(15)7-4-11/h3-4,6-7,12,14,16H,2,5,8-10H2,1H3. The van der Waals surface area contributed by atoms with E-state index in [1.54, 1.807) is 12.1 Å². The van der Waals surface area contributed by atoms with Gasteiger partial charge in [0.1, 0.15) is 5.82 Å². The maximum atomic E-state index is 12.8. The third-order valence-corrected chi connectivity index (χ3v) is 3.55. The van der Waals surface area contributed by atoms with Crippen LogP contribution in [-0.4, -0.2) is 13.1 Å². The Bertz CT molecular complexity index is 320. The van der Waals surface area contributed by atoms with Crippen LogP contribution in [0.15, 0.2) is 24.3 Å². The summed E-state index contributed by atoms with van der Waals surface area (Å²) in [5.41, 5.74) is 1.30. The minimum Gasteiger partial charge on any atom is -0.316 e. The highest BCUT2D eigenvalue weighted by molar-refractivity contribution is 5.23. The van der Waals surface area contributed by atoms with Crippen LogP contribution in [0.4, 0.5) is 4.39 Å². The summed E-state index contributed by atoms with van der Waals surface area (Å²) in [6, 6.07) is 7.02. The van der Waals surface area contributed by atoms with Crippen molar-refractivity contribution in [3.63, 3.8) is 0 Å². The van der Waals surface area contributed by atoms with Crippen LogP contribution >= 0.6 is 0 Å². The first kappa shape index (κ1) is 11.6. The predicted octanol–water partition coefficient (Wildman–Crippen LogP) is 3.32. The van der Waals surface area contributed by atoms with E-state index in [2.05, 4.69) is 12.2 Å². The normalized spacial score (nSPS) is 24.1. The molecule has 1 saturated carbocycles. The second-order valence-corrected chi connectivity index (χ2v) is 4.70. The van der Waals surface area contributed by atoms with Gasteiger partial charge in [0, 0.05) is 0 Å². The molecule has 16 heavy (non-hydrogen) atoms. The van der Waals surface area contributed by atoms with Gasteiger partial charge in [-0.2, -0.15) is 0 Å². The lowest BCUT2D eigenvalue weighted by Crippen LogP contribution is -2.34. The number of nitrogens with one attached hydrogen (secondary N) is 1. The third-order valence-electron chi connectivity index (χ3n) is 3.55. The summed E-state index contributed by atoms with van der Waals surface area (Å²) in [6.45, 7) is 4.40. The number of rotatable bonds is 5. The first-order valence-corrected chi connectivity index (χ1v) is 6.27. The molecule has 0 amide bonds. The largest absolute Gasteiger partial charge is 0.316 e. The van der Waals surface area contributed by atoms with Gasteiger partial charge in [-0.3, -0.25) is 0 Å². The third kappa shape index (κ3) is 2.62. The molecule has 0 bridgehead atoms. The average Bonchev–Trinajstić information content (AvgIpc) is 2.26. The van der Waals surface area contributed by atoms with E-state index in [-0.39, 0.29) is 5.82 Å². The highest BCUT2D eigenvalue weighted by Gasteiger charge is 2.31. The van der Waals surface area contributed by atoms with Crippen LogP contribution in [0.1, 0.15) is 37.7 Å². The average molecular weight is 221 g/mol. The van der Waals surface area contributed by atoms with Crippen LogP contribution in [0.2, 0.25) is 0 Å². The van der Waals surface area contributed by atoms with Gasteiger partial charge in [0.05, 0.1) is 0 Å². The molecule has 0 radical (unpaired) electrons. The Labute approximate surface area is 97.1 Å². The molecule has 1 aliphatic carbocycles. The predicted molar refractivity (Wildman–Crippen MR) is 65.0 cm³/mol. The number of halogens is 1. The minimum absolute atomic E-state index is 0.135. The topological polar surface area (TPSA) is 12.0 Å². The van der Waals surface area contributed by atoms with E-state index >= 15 is 0 Å². The molecule has 1 nitrogen and oxygen atoms in total. The van der Waals surface area contributed by atoms with E-state index in [9.17, 15) is 4.39 Å². The fourth-order valence-corrected chi connectivity index (χ4v) is 2.43. The second kappa shape index (κ2) is 5.44. The monoisotopic (exact) mass is 221 g/mol. The number of hydrogen-bond donors (Lipinski definition) is 1. The SMILES string of the molecule is CCCNCC1CCC1c1ccc(F)cc1. The Morgan fingerprint density at radius 3 is 2.56 bits per heavy atom. The molecule has 0 spiro atoms. The second-order valence-electron chi connectivity index (χ2n) is 4.70. The van der Waals surface area contributed by atoms with Gasteiger partial charge in [0.2, 0.25) is 0 Å². The molecule has 0 heterocycles. The highest BCUT2D eigenvalue weighted by Crippen LogP contribution is 2.41. The lowest BCUT2D eigenvalue weighted by atomic mass is 9.70. The Morgan fingerprint density at radius 2 is 2.00 bits per heavy atom. The van der Waals surface area contributed by atoms with Gasteiger partial charge in [-0.25, -0.2) is 4.39 Å². The van der Waals surface area contributed by atoms with Crippen molar-refractivity contribution in [1.82, 2.24) is 5.32 Å². The zero-order valence-corrected chi connectivity index (χ0v) is 9.88. The van der Waals surface area contributed by atoms with Crippen molar-refractivity contribution in [3.05, 3.63) is 35.6 Å². The highest BCUT2D eigenvalue weighted by atomic mass is 19.1. The molecule has 1 N–H and O–H groups in total. The van der Waals surface area contributed by atoms with Crippen molar-refractivity contribution in [2.24, 2.45) is 5.92 Å². The molecule has 1 fully saturated rings. The molecule has 1 aliphatic rings. The zero-order valence-electron chi connectivity index (χ0n) is 9.88. The van der Waals surface area contributed by atoms with Crippen LogP contribution in [0.3, 0.4) is 0 Å². The van der Waals surface area contributed by atoms with Gasteiger partial charge in [0.25, 0.3) is 0 Å². The maximum absolute atomic E-state index is 12.8. The molecule has 2 unspecified atom stereocenters. The van der Waals surface area contributed by atoms with Crippen LogP contribution < -0.4 is 5.32 Å². The summed E-state index contributed by atoms with van der Waals surface area (Å²) < 4.78 is 12.8. The lowest BCUT2D eigenvalue weighted by Gasteiger charge is -2.37. The molecule has 0 aromatic heterocycles. The van der Waals surface area contributed by atoms with Gasteiger partial charge in [-0.05, 0) is 61.9 Å². The van der Waals surface area contributed by atoms with E-state index in [1.165, 1.54) is 24.8 Å². The lowest BCUT2D eigenvalue weighted by molar-refractivity contribution is 0.246. The molecule has 1 aromatic rings. The van der Waals surface area contributed by atoms with Crippen molar-refractivity contribution >= 4 is 0 Å². The van der Waals surface area contributed by atoms with Crippen LogP contribution in [0, 0.1) is 11.7 Å². The summed E-state index contributed by atoms with van der Waals surface area (Å²) in [5.74, 6) is 1.26. The molecule has 88 valence electrons. The summed E-state index contributed by atoms with van der Waals surface area (Å²) in [7, 11) is 0. The van der Waals surface area contributed by atoms with Gasteiger partial charge < -0.3 is 5.32 Å². The van der Waals surface area contributed by atoms with Crippen molar-refractivity contribution in [1.29, 1.82) is 0 Å². The maximum Gasteiger partial charge on any atom is 0.123 e. The van der Waals surface area contributed by atoms with Crippen molar-refractivity contribution in [2.45, 2.75) is 32.1 Å². The quantitative estimate of drug-likeness (QED) is 0.752. The van der Waals surface area contributed by atoms with E-state index < -0.39 is 0 Å². The Hall–Kier alpha value is -0.890. The first-order valence-electron chi connectivity index (χ1n) is 6.27. The smallest absolute Gasteiger partial charge is 0.123 e. The summed E-state index contributed by atoms with van der Waals surface area (Å²) in [5, 5.41) is 3.47. The number of hydrogen-bond acceptors (Lipinski definition) is 1. The fourth-order valence-electron chi connectivity index (χ4n) is 2.43. The fraction of sp³-hybridized carbons (Fsp3) is 0.571. The first-order chi connectivity index (χ1) is 7.81. The molecule has 0 aliphatic heterocycles. The Kier molecular flexibility index (Phi) is 3.94. The van der Waals surface area contributed by atoms with Crippen molar-refractivity contribution in [2.75, 3.05) is 13.1 Å². The zero-order chi connectivity index (χ0) is 11.4. The summed E-state index contributed by atoms with van der Waals surface area (Å²) >= 11 is 0. The van der Waals surface area contributed by atoms with Gasteiger partial charge in [0.15, 0.2) is 0 Å². The molecule has 2 rings (SSSR count). The minimum atomic E-state index is -0.135. The summed E-state index contributed by atoms with van der Waals surface area (Å²) in [4.78, 5) is 0. The molecule has 1 aromatic carbocycles. The summed E-state index contributed by atoms with van der Waals surface area (Å²) in [6.07, 6.45) is 3.75. The molecule has 2 atom stereocenters. The van der Waals surface area contributed by atoms with E-state index in [1.807, 2.05) is 12.1 Å². The van der Waals surface area contributed by atoms with Gasteiger partial charge >= 0.3 is 0 Å². The van der Waals surface area contributed by atoms with Crippen LogP contribution in [-0.2, 0) is 0 Å². The van der Waals surface area contributed by atoms with Crippen molar-refractivity contribution in [3.8, 4) is 0 Å². The van der Waals surface area contributed by atoms with Gasteiger partial charge in [-0.15, -0.1) is 0 Å². The Morgan fingerprint density at radius 1 is 1.25 bits per heavy atom. The van der Waals surface area contributed by atoms with E-state index in [0.29, 0.717) is 5.92 Å². The van der Waals surface area contributed by atoms with E-state index in [4.69, 9.17) is 0 Å². The molecule has 0 saturated heterocycles. The molecule has 2 heteroatoms. The number of benzene rings is 1. The Balaban J connectivity index is 1.88. The van der Waals surface area contributed by atoms with Crippen molar-refractivity contribution < 1.29 is 4.39 Å². The van der Waals surface area contributed by atoms with Crippen LogP contribution in [0.25, 0.3) is 0 Å². The molecular weight excluding hydrogens is 201 g/mol.